The van der Waals surface area contributed by atoms with E-state index in [9.17, 15) is 0 Å². The number of fused-ring (bicyclic) bond motifs is 9. The van der Waals surface area contributed by atoms with E-state index in [0.717, 1.165) is 5.69 Å². The average molecular weight is 634 g/mol. The Labute approximate surface area is 280 Å². The summed E-state index contributed by atoms with van der Waals surface area (Å²) in [5.74, 6) is 0. The van der Waals surface area contributed by atoms with Crippen molar-refractivity contribution >= 4 is 102 Å². The maximum Gasteiger partial charge on any atom is 0.0640 e. The SMILES string of the molecule is c1ccc2c(c1)cc(-c1ccc(N(c3cccc4c3sc3ccccc34)c3cccc4c3sc3ccccc34)cc1)c1ccccc12. The standard InChI is InChI=1S/C44H27NS2/c1-2-12-31-29(11-1)27-38(33-14-4-3-13-32(31)33)28-23-25-30(26-24-28)45(39-19-9-17-36-34-15-5-7-21-41(34)46-43(36)39)40-20-10-18-37-35-16-6-8-22-42(35)47-44(37)40/h1-27H. The Morgan fingerprint density at radius 1 is 0.362 bits per heavy atom. The molecule has 1 nitrogen and oxygen atoms in total. The van der Waals surface area contributed by atoms with Crippen LogP contribution in [0.3, 0.4) is 0 Å². The summed E-state index contributed by atoms with van der Waals surface area (Å²) >= 11 is 3.76. The Morgan fingerprint density at radius 2 is 0.851 bits per heavy atom. The number of hydrogen-bond donors (Lipinski definition) is 0. The van der Waals surface area contributed by atoms with Crippen molar-refractivity contribution in [3.63, 3.8) is 0 Å². The predicted molar refractivity (Wildman–Crippen MR) is 207 cm³/mol. The highest BCUT2D eigenvalue weighted by molar-refractivity contribution is 7.27. The summed E-state index contributed by atoms with van der Waals surface area (Å²) in [6.45, 7) is 0. The Morgan fingerprint density at radius 3 is 1.47 bits per heavy atom. The zero-order valence-corrected chi connectivity index (χ0v) is 27.0. The van der Waals surface area contributed by atoms with Gasteiger partial charge in [-0.25, -0.2) is 0 Å². The van der Waals surface area contributed by atoms with Crippen LogP contribution in [0.1, 0.15) is 0 Å². The zero-order chi connectivity index (χ0) is 30.9. The molecule has 0 N–H and O–H groups in total. The van der Waals surface area contributed by atoms with Crippen molar-refractivity contribution in [2.45, 2.75) is 0 Å². The van der Waals surface area contributed by atoms with E-state index in [1.54, 1.807) is 0 Å². The van der Waals surface area contributed by atoms with E-state index in [0.29, 0.717) is 0 Å². The third kappa shape index (κ3) is 4.14. The van der Waals surface area contributed by atoms with Gasteiger partial charge in [0.1, 0.15) is 0 Å². The van der Waals surface area contributed by atoms with Gasteiger partial charge < -0.3 is 4.90 Å². The molecule has 0 atom stereocenters. The highest BCUT2D eigenvalue weighted by Gasteiger charge is 2.21. The van der Waals surface area contributed by atoms with Gasteiger partial charge in [0.2, 0.25) is 0 Å². The molecule has 0 amide bonds. The van der Waals surface area contributed by atoms with Crippen molar-refractivity contribution in [3.8, 4) is 11.1 Å². The van der Waals surface area contributed by atoms with Crippen LogP contribution < -0.4 is 4.90 Å². The number of rotatable bonds is 4. The minimum absolute atomic E-state index is 1.15. The molecule has 0 fully saturated rings. The fraction of sp³-hybridized carbons (Fsp3) is 0. The van der Waals surface area contributed by atoms with Crippen molar-refractivity contribution < 1.29 is 0 Å². The van der Waals surface area contributed by atoms with Crippen molar-refractivity contribution in [2.24, 2.45) is 0 Å². The summed E-state index contributed by atoms with van der Waals surface area (Å²) in [7, 11) is 0. The molecule has 0 bridgehead atoms. The largest absolute Gasteiger partial charge is 0.308 e. The van der Waals surface area contributed by atoms with Crippen LogP contribution in [0.5, 0.6) is 0 Å². The Balaban J connectivity index is 1.21. The smallest absolute Gasteiger partial charge is 0.0640 e. The van der Waals surface area contributed by atoms with E-state index in [4.69, 9.17) is 0 Å². The molecule has 0 aliphatic carbocycles. The highest BCUT2D eigenvalue weighted by atomic mass is 32.1. The minimum Gasteiger partial charge on any atom is -0.308 e. The van der Waals surface area contributed by atoms with Gasteiger partial charge in [-0.3, -0.25) is 0 Å². The summed E-state index contributed by atoms with van der Waals surface area (Å²) in [5.41, 5.74) is 6.04. The molecule has 2 heterocycles. The number of anilines is 3. The number of nitrogens with zero attached hydrogens (tertiary/aromatic N) is 1. The van der Waals surface area contributed by atoms with E-state index in [1.807, 2.05) is 22.7 Å². The maximum absolute atomic E-state index is 2.48. The lowest BCUT2D eigenvalue weighted by Crippen LogP contribution is -2.10. The Hall–Kier alpha value is -5.48. The van der Waals surface area contributed by atoms with Crippen molar-refractivity contribution in [3.05, 3.63) is 164 Å². The first-order valence-corrected chi connectivity index (χ1v) is 17.6. The Kier molecular flexibility index (Phi) is 5.98. The molecule has 0 aliphatic rings. The van der Waals surface area contributed by atoms with Gasteiger partial charge >= 0.3 is 0 Å². The van der Waals surface area contributed by atoms with Crippen LogP contribution in [-0.2, 0) is 0 Å². The quantitative estimate of drug-likeness (QED) is 0.174. The molecule has 220 valence electrons. The van der Waals surface area contributed by atoms with Crippen molar-refractivity contribution in [2.75, 3.05) is 4.90 Å². The molecule has 0 saturated heterocycles. The van der Waals surface area contributed by atoms with Crippen LogP contribution >= 0.6 is 22.7 Å². The first-order chi connectivity index (χ1) is 23.3. The molecule has 0 saturated carbocycles. The summed E-state index contributed by atoms with van der Waals surface area (Å²) < 4.78 is 5.23. The third-order valence-corrected chi connectivity index (χ3v) is 11.9. The summed E-state index contributed by atoms with van der Waals surface area (Å²) in [4.78, 5) is 2.48. The van der Waals surface area contributed by atoms with Crippen LogP contribution in [0.2, 0.25) is 0 Å². The van der Waals surface area contributed by atoms with Gasteiger partial charge in [-0.15, -0.1) is 22.7 Å². The number of hydrogen-bond acceptors (Lipinski definition) is 3. The van der Waals surface area contributed by atoms with Crippen molar-refractivity contribution in [1.29, 1.82) is 0 Å². The molecule has 0 unspecified atom stereocenters. The fourth-order valence-electron chi connectivity index (χ4n) is 7.31. The molecule has 0 aliphatic heterocycles. The van der Waals surface area contributed by atoms with E-state index < -0.39 is 0 Å². The zero-order valence-electron chi connectivity index (χ0n) is 25.4. The number of thiophene rings is 2. The molecule has 10 rings (SSSR count). The van der Waals surface area contributed by atoms with Crippen LogP contribution in [0.25, 0.3) is 73.0 Å². The second kappa shape index (κ2) is 10.5. The second-order valence-corrected chi connectivity index (χ2v) is 14.2. The van der Waals surface area contributed by atoms with Gasteiger partial charge in [0.15, 0.2) is 0 Å². The molecule has 3 heteroatoms. The Bertz CT molecular complexity index is 2690. The summed E-state index contributed by atoms with van der Waals surface area (Å²) in [5, 5.41) is 10.4. The first-order valence-electron chi connectivity index (χ1n) is 15.9. The second-order valence-electron chi connectivity index (χ2n) is 12.1. The fourth-order valence-corrected chi connectivity index (χ4v) is 9.72. The lowest BCUT2D eigenvalue weighted by atomic mass is 9.93. The van der Waals surface area contributed by atoms with E-state index >= 15 is 0 Å². The molecular formula is C44H27NS2. The van der Waals surface area contributed by atoms with Crippen LogP contribution in [0.15, 0.2) is 164 Å². The summed E-state index contributed by atoms with van der Waals surface area (Å²) in [6, 6.07) is 60.1. The molecule has 8 aromatic carbocycles. The molecule has 2 aromatic heterocycles. The van der Waals surface area contributed by atoms with Gasteiger partial charge in [-0.1, -0.05) is 121 Å². The van der Waals surface area contributed by atoms with Gasteiger partial charge in [0.25, 0.3) is 0 Å². The van der Waals surface area contributed by atoms with E-state index in [1.165, 1.54) is 84.4 Å². The topological polar surface area (TPSA) is 3.24 Å². The monoisotopic (exact) mass is 633 g/mol. The third-order valence-electron chi connectivity index (χ3n) is 9.45. The van der Waals surface area contributed by atoms with Crippen LogP contribution in [0.4, 0.5) is 17.1 Å². The van der Waals surface area contributed by atoms with Gasteiger partial charge in [0.05, 0.1) is 20.8 Å². The highest BCUT2D eigenvalue weighted by Crippen LogP contribution is 2.49. The van der Waals surface area contributed by atoms with E-state index in [2.05, 4.69) is 169 Å². The average Bonchev–Trinajstić information content (AvgIpc) is 3.71. The molecule has 0 radical (unpaired) electrons. The van der Waals surface area contributed by atoms with E-state index in [-0.39, 0.29) is 0 Å². The lowest BCUT2D eigenvalue weighted by Gasteiger charge is -2.27. The lowest BCUT2D eigenvalue weighted by molar-refractivity contribution is 1.32. The summed E-state index contributed by atoms with van der Waals surface area (Å²) in [6.07, 6.45) is 0. The molecule has 0 spiro atoms. The van der Waals surface area contributed by atoms with Gasteiger partial charge in [-0.2, -0.15) is 0 Å². The van der Waals surface area contributed by atoms with Gasteiger partial charge in [-0.05, 0) is 75.1 Å². The van der Waals surface area contributed by atoms with Gasteiger partial charge in [0, 0.05) is 36.6 Å². The first kappa shape index (κ1) is 26.7. The van der Waals surface area contributed by atoms with Crippen molar-refractivity contribution in [1.82, 2.24) is 0 Å². The molecule has 10 aromatic rings. The predicted octanol–water partition coefficient (Wildman–Crippen LogP) is 13.9. The normalized spacial score (nSPS) is 11.8. The van der Waals surface area contributed by atoms with Crippen LogP contribution in [0, 0.1) is 0 Å². The molecule has 47 heavy (non-hydrogen) atoms. The minimum atomic E-state index is 1.15. The maximum atomic E-state index is 2.48. The molecular weight excluding hydrogens is 607 g/mol. The van der Waals surface area contributed by atoms with Crippen LogP contribution in [-0.4, -0.2) is 0 Å². The number of benzene rings is 8.